The van der Waals surface area contributed by atoms with Crippen molar-refractivity contribution in [2.75, 3.05) is 6.54 Å². The predicted octanol–water partition coefficient (Wildman–Crippen LogP) is 3.49. The maximum atomic E-state index is 12.9. The maximum Gasteiger partial charge on any atom is 0.255 e. The third-order valence-corrected chi connectivity index (χ3v) is 5.23. The Morgan fingerprint density at radius 2 is 2.30 bits per heavy atom. The first-order valence-electron chi connectivity index (χ1n) is 8.07. The van der Waals surface area contributed by atoms with Crippen LogP contribution in [0.2, 0.25) is 0 Å². The lowest BCUT2D eigenvalue weighted by Crippen LogP contribution is -2.37. The molecule has 0 aliphatic carbocycles. The van der Waals surface area contributed by atoms with E-state index >= 15 is 0 Å². The van der Waals surface area contributed by atoms with Gasteiger partial charge in [-0.3, -0.25) is 9.78 Å². The largest absolute Gasteiger partial charge is 0.393 e. The molecule has 0 spiro atoms. The second kappa shape index (κ2) is 6.81. The lowest BCUT2D eigenvalue weighted by Gasteiger charge is -2.26. The van der Waals surface area contributed by atoms with Gasteiger partial charge in [-0.1, -0.05) is 6.07 Å². The standard InChI is InChI=1S/C18H22N2O2S/c1-12(21)11-14-5-3-9-20(14)18(22)15-7-8-16(19-13(15)2)17-6-4-10-23-17/h4,6-8,10,12,14,21H,3,5,9,11H2,1-2H3. The highest BCUT2D eigenvalue weighted by atomic mass is 32.1. The van der Waals surface area contributed by atoms with E-state index in [9.17, 15) is 9.90 Å². The van der Waals surface area contributed by atoms with E-state index in [0.717, 1.165) is 35.7 Å². The fourth-order valence-corrected chi connectivity index (χ4v) is 3.94. The molecule has 2 aromatic rings. The van der Waals surface area contributed by atoms with E-state index in [1.165, 1.54) is 0 Å². The van der Waals surface area contributed by atoms with Crippen LogP contribution in [0.1, 0.15) is 42.2 Å². The maximum absolute atomic E-state index is 12.9. The molecule has 2 unspecified atom stereocenters. The number of aliphatic hydroxyl groups is 1. The highest BCUT2D eigenvalue weighted by Crippen LogP contribution is 2.27. The second-order valence-electron chi connectivity index (χ2n) is 6.19. The van der Waals surface area contributed by atoms with E-state index in [-0.39, 0.29) is 18.1 Å². The molecule has 1 amide bonds. The summed E-state index contributed by atoms with van der Waals surface area (Å²) in [7, 11) is 0. The van der Waals surface area contributed by atoms with Crippen molar-refractivity contribution >= 4 is 17.2 Å². The van der Waals surface area contributed by atoms with Crippen molar-refractivity contribution in [2.45, 2.75) is 45.3 Å². The number of aromatic nitrogens is 1. The van der Waals surface area contributed by atoms with Crippen LogP contribution in [0.3, 0.4) is 0 Å². The van der Waals surface area contributed by atoms with Crippen molar-refractivity contribution in [3.05, 3.63) is 40.9 Å². The summed E-state index contributed by atoms with van der Waals surface area (Å²) in [6, 6.07) is 7.98. The van der Waals surface area contributed by atoms with Crippen LogP contribution in [0, 0.1) is 6.92 Å². The molecule has 122 valence electrons. The van der Waals surface area contributed by atoms with Gasteiger partial charge in [-0.2, -0.15) is 0 Å². The molecule has 3 rings (SSSR count). The minimum Gasteiger partial charge on any atom is -0.393 e. The summed E-state index contributed by atoms with van der Waals surface area (Å²) < 4.78 is 0. The Morgan fingerprint density at radius 1 is 1.48 bits per heavy atom. The van der Waals surface area contributed by atoms with E-state index in [4.69, 9.17) is 0 Å². The molecular weight excluding hydrogens is 308 g/mol. The van der Waals surface area contributed by atoms with E-state index in [0.29, 0.717) is 12.0 Å². The summed E-state index contributed by atoms with van der Waals surface area (Å²) in [6.45, 7) is 4.44. The van der Waals surface area contributed by atoms with Crippen LogP contribution in [0.5, 0.6) is 0 Å². The van der Waals surface area contributed by atoms with Crippen molar-refractivity contribution in [2.24, 2.45) is 0 Å². The summed E-state index contributed by atoms with van der Waals surface area (Å²) in [6.07, 6.45) is 2.24. The molecule has 1 aliphatic heterocycles. The molecule has 1 aliphatic rings. The lowest BCUT2D eigenvalue weighted by molar-refractivity contribution is 0.0681. The zero-order valence-electron chi connectivity index (χ0n) is 13.5. The van der Waals surface area contributed by atoms with Crippen molar-refractivity contribution in [3.8, 4) is 10.6 Å². The van der Waals surface area contributed by atoms with Crippen LogP contribution < -0.4 is 0 Å². The number of aryl methyl sites for hydroxylation is 1. The van der Waals surface area contributed by atoms with Crippen molar-refractivity contribution in [3.63, 3.8) is 0 Å². The van der Waals surface area contributed by atoms with Gasteiger partial charge in [0.05, 0.1) is 27.9 Å². The van der Waals surface area contributed by atoms with Crippen LogP contribution in [0.4, 0.5) is 0 Å². The smallest absolute Gasteiger partial charge is 0.255 e. The zero-order chi connectivity index (χ0) is 16.4. The SMILES string of the molecule is Cc1nc(-c2cccs2)ccc1C(=O)N1CCCC1CC(C)O. The number of amides is 1. The Balaban J connectivity index is 1.82. The zero-order valence-corrected chi connectivity index (χ0v) is 14.3. The average Bonchev–Trinajstić information content (AvgIpc) is 3.17. The minimum absolute atomic E-state index is 0.0379. The van der Waals surface area contributed by atoms with Gasteiger partial charge in [0.15, 0.2) is 0 Å². The number of carbonyl (C=O) groups is 1. The number of nitrogens with zero attached hydrogens (tertiary/aromatic N) is 2. The quantitative estimate of drug-likeness (QED) is 0.933. The summed E-state index contributed by atoms with van der Waals surface area (Å²) in [4.78, 5) is 20.5. The Morgan fingerprint density at radius 3 is 2.96 bits per heavy atom. The van der Waals surface area contributed by atoms with Gasteiger partial charge in [0.1, 0.15) is 0 Å². The van der Waals surface area contributed by atoms with Crippen LogP contribution in [0.25, 0.3) is 10.6 Å². The fraction of sp³-hybridized carbons (Fsp3) is 0.444. The minimum atomic E-state index is -0.381. The molecular formula is C18H22N2O2S. The van der Waals surface area contributed by atoms with Crippen molar-refractivity contribution in [1.29, 1.82) is 0 Å². The van der Waals surface area contributed by atoms with Crippen LogP contribution >= 0.6 is 11.3 Å². The molecule has 1 fully saturated rings. The van der Waals surface area contributed by atoms with Gasteiger partial charge in [0, 0.05) is 12.6 Å². The molecule has 1 saturated heterocycles. The summed E-state index contributed by atoms with van der Waals surface area (Å²) in [5.41, 5.74) is 2.35. The van der Waals surface area contributed by atoms with Gasteiger partial charge in [-0.05, 0) is 56.7 Å². The van der Waals surface area contributed by atoms with Gasteiger partial charge in [-0.25, -0.2) is 0 Å². The highest BCUT2D eigenvalue weighted by molar-refractivity contribution is 7.13. The first kappa shape index (κ1) is 16.1. The van der Waals surface area contributed by atoms with Gasteiger partial charge in [-0.15, -0.1) is 11.3 Å². The van der Waals surface area contributed by atoms with Crippen molar-refractivity contribution in [1.82, 2.24) is 9.88 Å². The van der Waals surface area contributed by atoms with E-state index in [2.05, 4.69) is 4.98 Å². The molecule has 0 bridgehead atoms. The predicted molar refractivity (Wildman–Crippen MR) is 92.6 cm³/mol. The lowest BCUT2D eigenvalue weighted by atomic mass is 10.1. The van der Waals surface area contributed by atoms with Crippen LogP contribution in [-0.4, -0.2) is 39.6 Å². The molecule has 0 radical (unpaired) electrons. The second-order valence-corrected chi connectivity index (χ2v) is 7.13. The van der Waals surface area contributed by atoms with Gasteiger partial charge >= 0.3 is 0 Å². The Kier molecular flexibility index (Phi) is 4.78. The number of thiophene rings is 1. The summed E-state index contributed by atoms with van der Waals surface area (Å²) in [5.74, 6) is 0.0379. The highest BCUT2D eigenvalue weighted by Gasteiger charge is 2.31. The molecule has 2 aromatic heterocycles. The Labute approximate surface area is 140 Å². The monoisotopic (exact) mass is 330 g/mol. The van der Waals surface area contributed by atoms with Crippen LogP contribution in [-0.2, 0) is 0 Å². The Bertz CT molecular complexity index is 682. The number of hydrogen-bond acceptors (Lipinski definition) is 4. The number of aliphatic hydroxyl groups excluding tert-OH is 1. The molecule has 0 aromatic carbocycles. The van der Waals surface area contributed by atoms with Gasteiger partial charge < -0.3 is 10.0 Å². The molecule has 1 N–H and O–H groups in total. The van der Waals surface area contributed by atoms with E-state index in [1.54, 1.807) is 18.3 Å². The third-order valence-electron chi connectivity index (χ3n) is 4.34. The molecule has 4 nitrogen and oxygen atoms in total. The van der Waals surface area contributed by atoms with Gasteiger partial charge in [0.2, 0.25) is 0 Å². The van der Waals surface area contributed by atoms with Gasteiger partial charge in [0.25, 0.3) is 5.91 Å². The van der Waals surface area contributed by atoms with E-state index in [1.807, 2.05) is 41.5 Å². The molecule has 2 atom stereocenters. The first-order chi connectivity index (χ1) is 11.1. The number of rotatable bonds is 4. The summed E-state index contributed by atoms with van der Waals surface area (Å²) >= 11 is 1.65. The van der Waals surface area contributed by atoms with Crippen LogP contribution in [0.15, 0.2) is 29.6 Å². The number of carbonyl (C=O) groups excluding carboxylic acids is 1. The number of hydrogen-bond donors (Lipinski definition) is 1. The average molecular weight is 330 g/mol. The topological polar surface area (TPSA) is 53.4 Å². The summed E-state index contributed by atoms with van der Waals surface area (Å²) in [5, 5.41) is 11.7. The van der Waals surface area contributed by atoms with E-state index < -0.39 is 0 Å². The fourth-order valence-electron chi connectivity index (χ4n) is 3.25. The Hall–Kier alpha value is -1.72. The first-order valence-corrected chi connectivity index (χ1v) is 8.95. The number of pyridine rings is 1. The molecule has 23 heavy (non-hydrogen) atoms. The molecule has 0 saturated carbocycles. The normalized spacial score (nSPS) is 19.1. The molecule has 3 heterocycles. The van der Waals surface area contributed by atoms with Crippen molar-refractivity contribution < 1.29 is 9.90 Å². The number of likely N-dealkylation sites (tertiary alicyclic amines) is 1. The molecule has 5 heteroatoms. The third kappa shape index (κ3) is 3.46.